The molecule has 2 rings (SSSR count). The molecule has 3 heteroatoms. The summed E-state index contributed by atoms with van der Waals surface area (Å²) in [6.07, 6.45) is -0.485. The maximum absolute atomic E-state index is 9.77. The minimum absolute atomic E-state index is 0.150. The zero-order chi connectivity index (χ0) is 13.8. The van der Waals surface area contributed by atoms with Crippen LogP contribution in [0, 0.1) is 0 Å². The van der Waals surface area contributed by atoms with Gasteiger partial charge in [0.2, 0.25) is 0 Å². The highest BCUT2D eigenvalue weighted by molar-refractivity contribution is 6.30. The Balaban J connectivity index is 2.19. The number of anilines is 1. The first-order valence-corrected chi connectivity index (χ1v) is 6.74. The van der Waals surface area contributed by atoms with Gasteiger partial charge >= 0.3 is 0 Å². The zero-order valence-corrected chi connectivity index (χ0v) is 11.9. The van der Waals surface area contributed by atoms with E-state index in [4.69, 9.17) is 11.6 Å². The van der Waals surface area contributed by atoms with Crippen molar-refractivity contribution in [3.05, 3.63) is 64.7 Å². The van der Waals surface area contributed by atoms with Gasteiger partial charge in [0.25, 0.3) is 0 Å². The summed E-state index contributed by atoms with van der Waals surface area (Å²) in [5, 5.41) is 13.9. The van der Waals surface area contributed by atoms with Crippen LogP contribution in [0.1, 0.15) is 37.1 Å². The van der Waals surface area contributed by atoms with Crippen molar-refractivity contribution >= 4 is 17.3 Å². The van der Waals surface area contributed by atoms with E-state index < -0.39 is 6.10 Å². The molecular formula is C16H18ClNO. The van der Waals surface area contributed by atoms with Crippen LogP contribution >= 0.6 is 11.6 Å². The Kier molecular flexibility index (Phi) is 4.46. The summed E-state index contributed by atoms with van der Waals surface area (Å²) in [6.45, 7) is 3.86. The minimum Gasteiger partial charge on any atom is -0.389 e. The second kappa shape index (κ2) is 6.09. The average molecular weight is 276 g/mol. The van der Waals surface area contributed by atoms with E-state index in [2.05, 4.69) is 12.2 Å². The maximum atomic E-state index is 9.77. The third-order valence-electron chi connectivity index (χ3n) is 3.15. The number of benzene rings is 2. The first-order valence-electron chi connectivity index (χ1n) is 6.37. The lowest BCUT2D eigenvalue weighted by molar-refractivity contribution is 0.200. The minimum atomic E-state index is -0.485. The number of aliphatic hydroxyl groups is 1. The molecule has 0 aliphatic rings. The summed E-state index contributed by atoms with van der Waals surface area (Å²) in [6, 6.07) is 15.7. The smallest absolute Gasteiger partial charge is 0.0781 e. The van der Waals surface area contributed by atoms with E-state index in [9.17, 15) is 5.11 Å². The second-order valence-corrected chi connectivity index (χ2v) is 5.12. The molecule has 2 aromatic carbocycles. The van der Waals surface area contributed by atoms with E-state index >= 15 is 0 Å². The van der Waals surface area contributed by atoms with Gasteiger partial charge in [-0.2, -0.15) is 0 Å². The molecule has 0 spiro atoms. The molecule has 0 heterocycles. The maximum Gasteiger partial charge on any atom is 0.0781 e. The van der Waals surface area contributed by atoms with E-state index in [0.717, 1.165) is 21.8 Å². The molecule has 2 unspecified atom stereocenters. The summed E-state index contributed by atoms with van der Waals surface area (Å²) >= 11 is 5.89. The number of halogens is 1. The lowest BCUT2D eigenvalue weighted by Gasteiger charge is -2.19. The highest BCUT2D eigenvalue weighted by Crippen LogP contribution is 2.26. The highest BCUT2D eigenvalue weighted by Gasteiger charge is 2.10. The Morgan fingerprint density at radius 1 is 1.00 bits per heavy atom. The fraction of sp³-hybridized carbons (Fsp3) is 0.250. The molecule has 100 valence electrons. The zero-order valence-electron chi connectivity index (χ0n) is 11.1. The van der Waals surface area contributed by atoms with E-state index in [1.807, 2.05) is 48.5 Å². The van der Waals surface area contributed by atoms with Gasteiger partial charge in [-0.25, -0.2) is 0 Å². The standard InChI is InChI=1S/C16H18ClNO/c1-11(13-7-9-14(17)10-8-13)18-16-6-4-3-5-15(16)12(2)19/h3-12,18-19H,1-2H3. The molecule has 2 nitrogen and oxygen atoms in total. The SMILES string of the molecule is CC(O)c1ccccc1NC(C)c1ccc(Cl)cc1. The lowest BCUT2D eigenvalue weighted by atomic mass is 10.1. The molecule has 0 aliphatic carbocycles. The van der Waals surface area contributed by atoms with Gasteiger partial charge in [-0.15, -0.1) is 0 Å². The van der Waals surface area contributed by atoms with Crippen molar-refractivity contribution in [2.75, 3.05) is 5.32 Å². The molecule has 2 N–H and O–H groups in total. The number of hydrogen-bond acceptors (Lipinski definition) is 2. The van der Waals surface area contributed by atoms with Crippen LogP contribution in [-0.2, 0) is 0 Å². The fourth-order valence-corrected chi connectivity index (χ4v) is 2.19. The molecule has 2 atom stereocenters. The summed E-state index contributed by atoms with van der Waals surface area (Å²) in [5.74, 6) is 0. The first-order chi connectivity index (χ1) is 9.08. The normalized spacial score (nSPS) is 13.9. The van der Waals surface area contributed by atoms with Gasteiger partial charge in [0.15, 0.2) is 0 Å². The van der Waals surface area contributed by atoms with E-state index in [1.54, 1.807) is 6.92 Å². The monoisotopic (exact) mass is 275 g/mol. The third kappa shape index (κ3) is 3.49. The van der Waals surface area contributed by atoms with Crippen LogP contribution in [0.15, 0.2) is 48.5 Å². The molecule has 0 aliphatic heterocycles. The molecule has 0 saturated heterocycles. The van der Waals surface area contributed by atoms with Crippen LogP contribution < -0.4 is 5.32 Å². The van der Waals surface area contributed by atoms with Gasteiger partial charge in [-0.05, 0) is 37.6 Å². The largest absolute Gasteiger partial charge is 0.389 e. The van der Waals surface area contributed by atoms with Gasteiger partial charge in [0, 0.05) is 22.3 Å². The van der Waals surface area contributed by atoms with Gasteiger partial charge in [-0.1, -0.05) is 41.9 Å². The summed E-state index contributed by atoms with van der Waals surface area (Å²) < 4.78 is 0. The third-order valence-corrected chi connectivity index (χ3v) is 3.40. The number of rotatable bonds is 4. The fourth-order valence-electron chi connectivity index (χ4n) is 2.06. The second-order valence-electron chi connectivity index (χ2n) is 4.68. The molecular weight excluding hydrogens is 258 g/mol. The number of para-hydroxylation sites is 1. The van der Waals surface area contributed by atoms with Crippen molar-refractivity contribution in [1.29, 1.82) is 0 Å². The molecule has 0 saturated carbocycles. The van der Waals surface area contributed by atoms with Crippen LogP contribution in [0.3, 0.4) is 0 Å². The summed E-state index contributed by atoms with van der Waals surface area (Å²) in [7, 11) is 0. The Morgan fingerprint density at radius 3 is 2.26 bits per heavy atom. The predicted octanol–water partition coefficient (Wildman–Crippen LogP) is 4.57. The van der Waals surface area contributed by atoms with Crippen molar-refractivity contribution in [2.24, 2.45) is 0 Å². The molecule has 2 aromatic rings. The van der Waals surface area contributed by atoms with Gasteiger partial charge in [-0.3, -0.25) is 0 Å². The van der Waals surface area contributed by atoms with Crippen molar-refractivity contribution in [3.63, 3.8) is 0 Å². The summed E-state index contributed by atoms with van der Waals surface area (Å²) in [4.78, 5) is 0. The average Bonchev–Trinajstić information content (AvgIpc) is 2.39. The predicted molar refractivity (Wildman–Crippen MR) is 80.6 cm³/mol. The van der Waals surface area contributed by atoms with Crippen LogP contribution in [0.4, 0.5) is 5.69 Å². The lowest BCUT2D eigenvalue weighted by Crippen LogP contribution is -2.09. The van der Waals surface area contributed by atoms with Crippen LogP contribution in [0.2, 0.25) is 5.02 Å². The number of aliphatic hydroxyl groups excluding tert-OH is 1. The quantitative estimate of drug-likeness (QED) is 0.857. The highest BCUT2D eigenvalue weighted by atomic mass is 35.5. The van der Waals surface area contributed by atoms with E-state index in [0.29, 0.717) is 0 Å². The molecule has 0 amide bonds. The molecule has 0 radical (unpaired) electrons. The number of nitrogens with one attached hydrogen (secondary N) is 1. The molecule has 19 heavy (non-hydrogen) atoms. The van der Waals surface area contributed by atoms with Gasteiger partial charge in [0.05, 0.1) is 6.10 Å². The topological polar surface area (TPSA) is 32.3 Å². The van der Waals surface area contributed by atoms with Crippen molar-refractivity contribution in [1.82, 2.24) is 0 Å². The molecule has 0 aromatic heterocycles. The van der Waals surface area contributed by atoms with E-state index in [1.165, 1.54) is 0 Å². The number of hydrogen-bond donors (Lipinski definition) is 2. The van der Waals surface area contributed by atoms with Crippen LogP contribution in [0.5, 0.6) is 0 Å². The van der Waals surface area contributed by atoms with Crippen LogP contribution in [0.25, 0.3) is 0 Å². The van der Waals surface area contributed by atoms with Crippen molar-refractivity contribution in [3.8, 4) is 0 Å². The van der Waals surface area contributed by atoms with Gasteiger partial charge < -0.3 is 10.4 Å². The van der Waals surface area contributed by atoms with Crippen LogP contribution in [-0.4, -0.2) is 5.11 Å². The van der Waals surface area contributed by atoms with Crippen molar-refractivity contribution < 1.29 is 5.11 Å². The van der Waals surface area contributed by atoms with E-state index in [-0.39, 0.29) is 6.04 Å². The Hall–Kier alpha value is -1.51. The Bertz CT molecular complexity index is 537. The Labute approximate surface area is 119 Å². The van der Waals surface area contributed by atoms with Gasteiger partial charge in [0.1, 0.15) is 0 Å². The molecule has 0 bridgehead atoms. The summed E-state index contributed by atoms with van der Waals surface area (Å²) in [5.41, 5.74) is 3.02. The van der Waals surface area contributed by atoms with Crippen molar-refractivity contribution in [2.45, 2.75) is 26.0 Å². The first kappa shape index (κ1) is 13.9. The Morgan fingerprint density at radius 2 is 1.63 bits per heavy atom. The molecule has 0 fully saturated rings.